The maximum absolute atomic E-state index is 13.9. The largest absolute Gasteiger partial charge is 0.385 e. The Morgan fingerprint density at radius 1 is 1.12 bits per heavy atom. The number of aromatic nitrogens is 2. The Bertz CT molecular complexity index is 1500. The van der Waals surface area contributed by atoms with Gasteiger partial charge in [0.2, 0.25) is 11.8 Å². The molecule has 0 fully saturated rings. The van der Waals surface area contributed by atoms with Crippen molar-refractivity contribution in [3.8, 4) is 16.9 Å². The summed E-state index contributed by atoms with van der Waals surface area (Å²) in [6.45, 7) is 0.750. The van der Waals surface area contributed by atoms with Crippen molar-refractivity contribution in [2.24, 2.45) is 0 Å². The van der Waals surface area contributed by atoms with Crippen LogP contribution >= 0.6 is 23.4 Å². The number of thioether (sulfide) groups is 1. The Labute approximate surface area is 241 Å². The normalized spacial score (nSPS) is 15.0. The van der Waals surface area contributed by atoms with Gasteiger partial charge in [0.1, 0.15) is 18.2 Å². The zero-order chi connectivity index (χ0) is 28.1. The molecular weight excluding hydrogens is 551 g/mol. The van der Waals surface area contributed by atoms with Gasteiger partial charge in [0.15, 0.2) is 0 Å². The van der Waals surface area contributed by atoms with Crippen molar-refractivity contribution in [3.63, 3.8) is 0 Å². The first-order chi connectivity index (χ1) is 19.5. The molecule has 0 aliphatic carbocycles. The number of rotatable bonds is 9. The number of methoxy groups -OCH3 is 1. The Kier molecular flexibility index (Phi) is 8.84. The maximum Gasteiger partial charge on any atom is 0.240 e. The topological polar surface area (TPSA) is 76.5 Å². The second-order valence-corrected chi connectivity index (χ2v) is 10.8. The predicted octanol–water partition coefficient (Wildman–Crippen LogP) is 5.65. The monoisotopic (exact) mass is 578 g/mol. The number of halogens is 2. The smallest absolute Gasteiger partial charge is 0.240 e. The Morgan fingerprint density at radius 3 is 2.62 bits per heavy atom. The van der Waals surface area contributed by atoms with E-state index in [1.807, 2.05) is 48.5 Å². The Morgan fingerprint density at radius 2 is 1.90 bits per heavy atom. The molecule has 0 unspecified atom stereocenters. The first-order valence-electron chi connectivity index (χ1n) is 12.8. The number of nitrogens with zero attached hydrogens (tertiary/aromatic N) is 3. The van der Waals surface area contributed by atoms with Gasteiger partial charge < -0.3 is 10.1 Å². The minimum atomic E-state index is -0.388. The van der Waals surface area contributed by atoms with Crippen LogP contribution in [-0.2, 0) is 14.3 Å². The van der Waals surface area contributed by atoms with Crippen LogP contribution < -0.4 is 10.2 Å². The maximum atomic E-state index is 13.9. The summed E-state index contributed by atoms with van der Waals surface area (Å²) >= 11 is 7.86. The second-order valence-electron chi connectivity index (χ2n) is 9.26. The third kappa shape index (κ3) is 6.06. The van der Waals surface area contributed by atoms with E-state index in [1.54, 1.807) is 30.0 Å². The molecule has 10 heteroatoms. The van der Waals surface area contributed by atoms with Gasteiger partial charge in [0.05, 0.1) is 22.4 Å². The number of carbonyl (C=O) groups is 2. The molecule has 3 aromatic carbocycles. The van der Waals surface area contributed by atoms with Crippen LogP contribution in [0.25, 0.3) is 16.9 Å². The van der Waals surface area contributed by atoms with Crippen LogP contribution in [0, 0.1) is 5.82 Å². The number of fused-ring (bicyclic) bond motifs is 1. The summed E-state index contributed by atoms with van der Waals surface area (Å²) in [6.07, 6.45) is 0.653. The highest BCUT2D eigenvalue weighted by atomic mass is 35.5. The van der Waals surface area contributed by atoms with Crippen LogP contribution in [0.15, 0.2) is 78.9 Å². The molecule has 0 spiro atoms. The number of benzene rings is 3. The fourth-order valence-electron chi connectivity index (χ4n) is 4.67. The summed E-state index contributed by atoms with van der Waals surface area (Å²) < 4.78 is 20.6. The number of nitrogens with one attached hydrogen (secondary N) is 1. The van der Waals surface area contributed by atoms with Crippen LogP contribution in [0.3, 0.4) is 0 Å². The van der Waals surface area contributed by atoms with Gasteiger partial charge >= 0.3 is 0 Å². The third-order valence-corrected chi connectivity index (χ3v) is 8.00. The van der Waals surface area contributed by atoms with Gasteiger partial charge in [-0.25, -0.2) is 9.07 Å². The molecule has 4 aromatic rings. The first-order valence-corrected chi connectivity index (χ1v) is 14.3. The summed E-state index contributed by atoms with van der Waals surface area (Å²) in [7, 11) is 1.61. The SMILES string of the molecule is COCCCNC(=O)CN1C(=O)CS[C@H](c2cccc(Cl)c2)c2c(-c3ccccc3)nn(-c3ccc(F)cc3)c21. The summed E-state index contributed by atoms with van der Waals surface area (Å²) in [5, 5.41) is 8.13. The van der Waals surface area contributed by atoms with Crippen LogP contribution in [0.4, 0.5) is 10.2 Å². The van der Waals surface area contributed by atoms with Gasteiger partial charge in [-0.05, 0) is 48.4 Å². The van der Waals surface area contributed by atoms with Crippen LogP contribution in [0.2, 0.25) is 5.02 Å². The zero-order valence-corrected chi connectivity index (χ0v) is 23.4. The fourth-order valence-corrected chi connectivity index (χ4v) is 6.05. The lowest BCUT2D eigenvalue weighted by molar-refractivity contribution is -0.122. The standard InChI is InChI=1S/C30H28ClFN4O3S/c1-39-16-6-15-33-25(37)18-35-26(38)19-40-29(21-9-5-10-22(31)17-21)27-28(20-7-3-2-4-8-20)34-36(30(27)35)24-13-11-23(32)12-14-24/h2-5,7-14,17,29H,6,15-16,18-19H2,1H3,(H,33,37)/t29-/m1/s1. The van der Waals surface area contributed by atoms with Gasteiger partial charge in [-0.1, -0.05) is 54.1 Å². The molecule has 5 rings (SSSR count). The summed E-state index contributed by atoms with van der Waals surface area (Å²) in [6, 6.07) is 23.1. The Hall–Kier alpha value is -3.66. The molecule has 1 N–H and O–H groups in total. The van der Waals surface area contributed by atoms with Crippen molar-refractivity contribution in [2.45, 2.75) is 11.7 Å². The molecular formula is C30H28ClFN4O3S. The average Bonchev–Trinajstić information content (AvgIpc) is 3.28. The number of ether oxygens (including phenoxy) is 1. The van der Waals surface area contributed by atoms with Gasteiger partial charge in [0, 0.05) is 36.4 Å². The summed E-state index contributed by atoms with van der Waals surface area (Å²) in [4.78, 5) is 28.2. The van der Waals surface area contributed by atoms with E-state index in [4.69, 9.17) is 21.4 Å². The van der Waals surface area contributed by atoms with E-state index < -0.39 is 0 Å². The number of amides is 2. The quantitative estimate of drug-likeness (QED) is 0.260. The number of carbonyl (C=O) groups excluding carboxylic acids is 2. The fraction of sp³-hybridized carbons (Fsp3) is 0.233. The minimum absolute atomic E-state index is 0.139. The van der Waals surface area contributed by atoms with Gasteiger partial charge in [-0.3, -0.25) is 14.5 Å². The van der Waals surface area contributed by atoms with Gasteiger partial charge in [-0.15, -0.1) is 11.8 Å². The lowest BCUT2D eigenvalue weighted by atomic mass is 9.99. The van der Waals surface area contributed by atoms with E-state index >= 15 is 0 Å². The molecule has 206 valence electrons. The highest BCUT2D eigenvalue weighted by molar-refractivity contribution is 8.00. The lowest BCUT2D eigenvalue weighted by Crippen LogP contribution is -2.42. The van der Waals surface area contributed by atoms with E-state index in [2.05, 4.69) is 5.32 Å². The minimum Gasteiger partial charge on any atom is -0.385 e. The molecule has 40 heavy (non-hydrogen) atoms. The van der Waals surface area contributed by atoms with Crippen molar-refractivity contribution in [3.05, 3.63) is 101 Å². The van der Waals surface area contributed by atoms with Gasteiger partial charge in [-0.2, -0.15) is 5.10 Å². The molecule has 1 aromatic heterocycles. The highest BCUT2D eigenvalue weighted by Gasteiger charge is 2.37. The molecule has 0 bridgehead atoms. The van der Waals surface area contributed by atoms with Crippen molar-refractivity contribution < 1.29 is 18.7 Å². The van der Waals surface area contributed by atoms with Crippen molar-refractivity contribution >= 4 is 41.0 Å². The molecule has 1 aliphatic rings. The molecule has 1 atom stereocenters. The number of hydrogen-bond donors (Lipinski definition) is 1. The average molecular weight is 579 g/mol. The van der Waals surface area contributed by atoms with Gasteiger partial charge in [0.25, 0.3) is 0 Å². The first kappa shape index (κ1) is 27.9. The molecule has 2 amide bonds. The van der Waals surface area contributed by atoms with Crippen molar-refractivity contribution in [1.29, 1.82) is 0 Å². The van der Waals surface area contributed by atoms with E-state index in [1.165, 1.54) is 28.8 Å². The molecule has 2 heterocycles. The second kappa shape index (κ2) is 12.7. The number of hydrogen-bond acceptors (Lipinski definition) is 5. The summed E-state index contributed by atoms with van der Waals surface area (Å²) in [5.41, 5.74) is 3.77. The predicted molar refractivity (Wildman–Crippen MR) is 157 cm³/mol. The molecule has 7 nitrogen and oxygen atoms in total. The van der Waals surface area contributed by atoms with E-state index in [0.717, 1.165) is 16.7 Å². The lowest BCUT2D eigenvalue weighted by Gasteiger charge is -2.23. The van der Waals surface area contributed by atoms with E-state index in [9.17, 15) is 14.0 Å². The van der Waals surface area contributed by atoms with E-state index in [0.29, 0.717) is 41.8 Å². The molecule has 0 saturated heterocycles. The van der Waals surface area contributed by atoms with Crippen molar-refractivity contribution in [1.82, 2.24) is 15.1 Å². The zero-order valence-electron chi connectivity index (χ0n) is 21.8. The highest BCUT2D eigenvalue weighted by Crippen LogP contribution is 2.48. The molecule has 0 saturated carbocycles. The van der Waals surface area contributed by atoms with Crippen molar-refractivity contribution in [2.75, 3.05) is 37.5 Å². The molecule has 0 radical (unpaired) electrons. The van der Waals surface area contributed by atoms with Crippen LogP contribution in [0.1, 0.15) is 22.8 Å². The van der Waals surface area contributed by atoms with Crippen LogP contribution in [0.5, 0.6) is 0 Å². The number of anilines is 1. The van der Waals surface area contributed by atoms with Crippen LogP contribution in [-0.4, -0.2) is 54.2 Å². The third-order valence-electron chi connectivity index (χ3n) is 6.51. The summed E-state index contributed by atoms with van der Waals surface area (Å²) in [5.74, 6) is -0.306. The Balaban J connectivity index is 1.71. The van der Waals surface area contributed by atoms with E-state index in [-0.39, 0.29) is 35.2 Å². The molecule has 1 aliphatic heterocycles.